The average molecular weight is 500 g/mol. The summed E-state index contributed by atoms with van der Waals surface area (Å²) in [6.45, 7) is 2.13. The average Bonchev–Trinajstić information content (AvgIpc) is 3.59. The van der Waals surface area contributed by atoms with Gasteiger partial charge in [-0.25, -0.2) is 19.9 Å². The lowest BCUT2D eigenvalue weighted by Crippen LogP contribution is -2.38. The number of carbonyl (C=O) groups is 1. The third kappa shape index (κ3) is 4.66. The molecule has 1 aliphatic rings. The van der Waals surface area contributed by atoms with Gasteiger partial charge in [0, 0.05) is 29.8 Å². The Morgan fingerprint density at radius 3 is 2.72 bits per heavy atom. The van der Waals surface area contributed by atoms with Crippen LogP contribution in [0.4, 0.5) is 13.2 Å². The lowest BCUT2D eigenvalue weighted by Gasteiger charge is -2.17. The number of hydrogen-bond donors (Lipinski definition) is 2. The molecule has 1 amide bonds. The van der Waals surface area contributed by atoms with Gasteiger partial charge in [0.05, 0.1) is 6.20 Å². The van der Waals surface area contributed by atoms with Crippen molar-refractivity contribution in [3.8, 4) is 11.4 Å². The number of hydrogen-bond acceptors (Lipinski definition) is 5. The smallest absolute Gasteiger partial charge is 0.345 e. The summed E-state index contributed by atoms with van der Waals surface area (Å²) in [5.74, 6) is 0.771. The van der Waals surface area contributed by atoms with E-state index >= 15 is 0 Å². The van der Waals surface area contributed by atoms with Gasteiger partial charge in [-0.15, -0.1) is 0 Å². The number of carbonyl (C=O) groups excluding carboxylic acids is 1. The lowest BCUT2D eigenvalue weighted by atomic mass is 9.98. The van der Waals surface area contributed by atoms with Gasteiger partial charge in [0.15, 0.2) is 11.5 Å². The van der Waals surface area contributed by atoms with Crippen LogP contribution in [0.25, 0.3) is 33.6 Å². The van der Waals surface area contributed by atoms with Crippen molar-refractivity contribution in [2.75, 3.05) is 6.54 Å². The maximum absolute atomic E-state index is 12.7. The summed E-state index contributed by atoms with van der Waals surface area (Å²) < 4.78 is 39.6. The predicted molar refractivity (Wildman–Crippen MR) is 129 cm³/mol. The van der Waals surface area contributed by atoms with Crippen LogP contribution in [0.2, 0.25) is 0 Å². The molecule has 1 aliphatic carbocycles. The molecule has 2 N–H and O–H groups in total. The van der Waals surface area contributed by atoms with Gasteiger partial charge < -0.3 is 14.9 Å². The Hall–Kier alpha value is -3.50. The number of nitrogens with zero attached hydrogens (tertiary/aromatic N) is 5. The molecule has 1 atom stereocenters. The number of pyridine rings is 1. The number of imidazole rings is 1. The van der Waals surface area contributed by atoms with Crippen molar-refractivity contribution >= 4 is 28.1 Å². The standard InChI is InChI=1S/C25H28F3N7O/c1-3-6-20-33-19-12-31-22(34-23(19)35(20)14(2)24(36)32-13-25(26,27)28)18-11-30-21-17(18)9-16(10-29-21)15-7-4-5-8-15/h9-12,14-15H,3-8,13H2,1-2H3,(H,29,30)(H,32,36). The van der Waals surface area contributed by atoms with Crippen molar-refractivity contribution in [1.29, 1.82) is 0 Å². The van der Waals surface area contributed by atoms with E-state index in [-0.39, 0.29) is 0 Å². The van der Waals surface area contributed by atoms with E-state index in [2.05, 4.69) is 26.0 Å². The number of rotatable bonds is 7. The second-order valence-corrected chi connectivity index (χ2v) is 9.41. The molecule has 0 saturated heterocycles. The van der Waals surface area contributed by atoms with Gasteiger partial charge in [0.1, 0.15) is 29.6 Å². The van der Waals surface area contributed by atoms with Gasteiger partial charge >= 0.3 is 6.18 Å². The van der Waals surface area contributed by atoms with E-state index in [0.29, 0.717) is 35.2 Å². The van der Waals surface area contributed by atoms with E-state index in [0.717, 1.165) is 35.9 Å². The van der Waals surface area contributed by atoms with E-state index in [9.17, 15) is 18.0 Å². The van der Waals surface area contributed by atoms with Crippen molar-refractivity contribution in [2.45, 2.75) is 70.5 Å². The molecule has 4 aromatic heterocycles. The number of amides is 1. The molecule has 0 aliphatic heterocycles. The van der Waals surface area contributed by atoms with Gasteiger partial charge in [-0.05, 0) is 43.7 Å². The molecule has 5 rings (SSSR count). The van der Waals surface area contributed by atoms with Crippen LogP contribution in [0.5, 0.6) is 0 Å². The van der Waals surface area contributed by atoms with Crippen molar-refractivity contribution in [3.63, 3.8) is 0 Å². The number of aromatic amines is 1. The molecule has 190 valence electrons. The van der Waals surface area contributed by atoms with Crippen LogP contribution in [-0.2, 0) is 11.2 Å². The highest BCUT2D eigenvalue weighted by Crippen LogP contribution is 2.36. The Kier molecular flexibility index (Phi) is 6.40. The summed E-state index contributed by atoms with van der Waals surface area (Å²) in [6.07, 6.45) is 6.90. The molecule has 0 spiro atoms. The van der Waals surface area contributed by atoms with E-state index in [1.807, 2.05) is 24.6 Å². The molecule has 0 radical (unpaired) electrons. The Morgan fingerprint density at radius 1 is 1.22 bits per heavy atom. The number of aryl methyl sites for hydroxylation is 1. The van der Waals surface area contributed by atoms with Crippen LogP contribution in [-0.4, -0.2) is 48.1 Å². The van der Waals surface area contributed by atoms with Crippen molar-refractivity contribution in [2.24, 2.45) is 0 Å². The first-order chi connectivity index (χ1) is 17.2. The summed E-state index contributed by atoms with van der Waals surface area (Å²) in [6, 6.07) is 1.21. The van der Waals surface area contributed by atoms with Gasteiger partial charge in [-0.2, -0.15) is 13.2 Å². The first-order valence-corrected chi connectivity index (χ1v) is 12.3. The zero-order valence-electron chi connectivity index (χ0n) is 20.2. The number of alkyl halides is 3. The Bertz CT molecular complexity index is 1400. The fraction of sp³-hybridized carbons (Fsp3) is 0.480. The summed E-state index contributed by atoms with van der Waals surface area (Å²) >= 11 is 0. The SMILES string of the molecule is CCCc1nc2cnc(-c3c[nH]c4ncc(C5CCCC5)cc34)nc2n1C(C)C(=O)NCC(F)(F)F. The molecule has 0 bridgehead atoms. The highest BCUT2D eigenvalue weighted by atomic mass is 19.4. The minimum Gasteiger partial charge on any atom is -0.345 e. The molecule has 8 nitrogen and oxygen atoms in total. The normalized spacial score (nSPS) is 15.7. The van der Waals surface area contributed by atoms with Crippen LogP contribution in [0, 0.1) is 0 Å². The van der Waals surface area contributed by atoms with E-state index in [4.69, 9.17) is 4.98 Å². The van der Waals surface area contributed by atoms with Gasteiger partial charge in [-0.3, -0.25) is 4.79 Å². The number of fused-ring (bicyclic) bond motifs is 2. The second-order valence-electron chi connectivity index (χ2n) is 9.41. The third-order valence-electron chi connectivity index (χ3n) is 6.83. The van der Waals surface area contributed by atoms with Crippen LogP contribution in [0.15, 0.2) is 24.7 Å². The molecule has 1 unspecified atom stereocenters. The fourth-order valence-corrected chi connectivity index (χ4v) is 5.01. The number of H-pyrrole nitrogens is 1. The Labute approximate surface area is 205 Å². The second kappa shape index (κ2) is 9.51. The monoisotopic (exact) mass is 499 g/mol. The number of nitrogens with one attached hydrogen (secondary N) is 2. The number of aromatic nitrogens is 6. The fourth-order valence-electron chi connectivity index (χ4n) is 5.01. The van der Waals surface area contributed by atoms with Crippen LogP contribution in [0.1, 0.15) is 69.3 Å². The first-order valence-electron chi connectivity index (χ1n) is 12.3. The van der Waals surface area contributed by atoms with Crippen molar-refractivity contribution in [1.82, 2.24) is 34.8 Å². The highest BCUT2D eigenvalue weighted by molar-refractivity contribution is 5.93. The molecular weight excluding hydrogens is 471 g/mol. The summed E-state index contributed by atoms with van der Waals surface area (Å²) in [5.41, 5.74) is 3.61. The molecule has 4 aromatic rings. The minimum atomic E-state index is -4.49. The summed E-state index contributed by atoms with van der Waals surface area (Å²) in [7, 11) is 0. The first kappa shape index (κ1) is 24.2. The zero-order valence-corrected chi connectivity index (χ0v) is 20.2. The predicted octanol–water partition coefficient (Wildman–Crippen LogP) is 5.22. The van der Waals surface area contributed by atoms with E-state index in [1.165, 1.54) is 18.4 Å². The lowest BCUT2D eigenvalue weighted by molar-refractivity contribution is -0.140. The van der Waals surface area contributed by atoms with E-state index < -0.39 is 24.7 Å². The Morgan fingerprint density at radius 2 is 2.00 bits per heavy atom. The maximum atomic E-state index is 12.7. The molecule has 36 heavy (non-hydrogen) atoms. The largest absolute Gasteiger partial charge is 0.405 e. The highest BCUT2D eigenvalue weighted by Gasteiger charge is 2.30. The van der Waals surface area contributed by atoms with Crippen molar-refractivity contribution < 1.29 is 18.0 Å². The number of halogens is 3. The molecular formula is C25H28F3N7O. The molecule has 4 heterocycles. The third-order valence-corrected chi connectivity index (χ3v) is 6.83. The van der Waals surface area contributed by atoms with Gasteiger partial charge in [0.25, 0.3) is 0 Å². The van der Waals surface area contributed by atoms with Crippen LogP contribution >= 0.6 is 0 Å². The van der Waals surface area contributed by atoms with Gasteiger partial charge in [-0.1, -0.05) is 19.8 Å². The molecule has 1 saturated carbocycles. The topological polar surface area (TPSA) is 101 Å². The summed E-state index contributed by atoms with van der Waals surface area (Å²) in [4.78, 5) is 34.3. The molecule has 1 fully saturated rings. The molecule has 11 heteroatoms. The quantitative estimate of drug-likeness (QED) is 0.363. The van der Waals surface area contributed by atoms with Gasteiger partial charge in [0.2, 0.25) is 5.91 Å². The van der Waals surface area contributed by atoms with Crippen molar-refractivity contribution in [3.05, 3.63) is 36.0 Å². The van der Waals surface area contributed by atoms with Crippen LogP contribution in [0.3, 0.4) is 0 Å². The molecule has 0 aromatic carbocycles. The minimum absolute atomic E-state index is 0.410. The van der Waals surface area contributed by atoms with E-state index in [1.54, 1.807) is 17.7 Å². The zero-order chi connectivity index (χ0) is 25.4. The summed E-state index contributed by atoms with van der Waals surface area (Å²) in [5, 5.41) is 2.89. The maximum Gasteiger partial charge on any atom is 0.405 e. The Balaban J connectivity index is 1.56. The van der Waals surface area contributed by atoms with Crippen LogP contribution < -0.4 is 5.32 Å².